The Bertz CT molecular complexity index is 860. The quantitative estimate of drug-likeness (QED) is 0.375. The van der Waals surface area contributed by atoms with Gasteiger partial charge in [-0.15, -0.1) is 0 Å². The fourth-order valence-corrected chi connectivity index (χ4v) is 4.39. The SMILES string of the molecule is CC(=O)NC(=Cc1cc(I)c(OCc2ccccc2Cl)c(I)c1)C(=O)O. The number of ether oxygens (including phenoxy) is 1. The van der Waals surface area contributed by atoms with Crippen molar-refractivity contribution in [3.8, 4) is 5.75 Å². The van der Waals surface area contributed by atoms with Crippen LogP contribution in [0.5, 0.6) is 5.75 Å². The van der Waals surface area contributed by atoms with Crippen LogP contribution in [0.3, 0.4) is 0 Å². The molecule has 0 aliphatic rings. The van der Waals surface area contributed by atoms with E-state index in [0.29, 0.717) is 22.9 Å². The van der Waals surface area contributed by atoms with E-state index in [9.17, 15) is 14.7 Å². The largest absolute Gasteiger partial charge is 0.487 e. The summed E-state index contributed by atoms with van der Waals surface area (Å²) in [5, 5.41) is 12.1. The number of halogens is 3. The molecule has 1 amide bonds. The molecule has 0 radical (unpaired) electrons. The van der Waals surface area contributed by atoms with Crippen LogP contribution in [-0.2, 0) is 16.2 Å². The zero-order chi connectivity index (χ0) is 19.3. The van der Waals surface area contributed by atoms with Gasteiger partial charge in [0.1, 0.15) is 18.1 Å². The molecular formula is C18H14ClI2NO4. The summed E-state index contributed by atoms with van der Waals surface area (Å²) < 4.78 is 7.54. The van der Waals surface area contributed by atoms with Gasteiger partial charge in [0.05, 0.1) is 7.14 Å². The van der Waals surface area contributed by atoms with E-state index in [2.05, 4.69) is 50.5 Å². The predicted octanol–water partition coefficient (Wildman–Crippen LogP) is 4.69. The topological polar surface area (TPSA) is 75.6 Å². The van der Waals surface area contributed by atoms with Crippen molar-refractivity contribution in [2.24, 2.45) is 0 Å². The van der Waals surface area contributed by atoms with Gasteiger partial charge in [0.2, 0.25) is 5.91 Å². The molecule has 0 spiro atoms. The van der Waals surface area contributed by atoms with Gasteiger partial charge in [0.15, 0.2) is 0 Å². The molecule has 0 atom stereocenters. The van der Waals surface area contributed by atoms with Crippen molar-refractivity contribution in [1.82, 2.24) is 5.32 Å². The predicted molar refractivity (Wildman–Crippen MR) is 117 cm³/mol. The van der Waals surface area contributed by atoms with Crippen LogP contribution in [0.4, 0.5) is 0 Å². The van der Waals surface area contributed by atoms with Gasteiger partial charge in [-0.3, -0.25) is 4.79 Å². The first-order valence-corrected chi connectivity index (χ1v) is 9.89. The standard InChI is InChI=1S/C18H14ClI2NO4/c1-10(23)22-16(18(24)25)8-11-6-14(20)17(15(21)7-11)26-9-12-4-2-3-5-13(12)19/h2-8H,9H2,1H3,(H,22,23)(H,24,25). The Morgan fingerprint density at radius 2 is 1.85 bits per heavy atom. The van der Waals surface area contributed by atoms with Gasteiger partial charge in [-0.1, -0.05) is 29.8 Å². The first kappa shape index (κ1) is 21.0. The minimum Gasteiger partial charge on any atom is -0.487 e. The minimum atomic E-state index is -1.20. The number of carbonyl (C=O) groups excluding carboxylic acids is 1. The Morgan fingerprint density at radius 1 is 1.23 bits per heavy atom. The van der Waals surface area contributed by atoms with Gasteiger partial charge < -0.3 is 15.2 Å². The highest BCUT2D eigenvalue weighted by molar-refractivity contribution is 14.1. The van der Waals surface area contributed by atoms with Gasteiger partial charge in [0.25, 0.3) is 0 Å². The molecule has 0 unspecified atom stereocenters. The van der Waals surface area contributed by atoms with Crippen LogP contribution in [0, 0.1) is 7.14 Å². The van der Waals surface area contributed by atoms with Gasteiger partial charge in [-0.05, 0) is 75.0 Å². The fourth-order valence-electron chi connectivity index (χ4n) is 2.07. The van der Waals surface area contributed by atoms with Crippen molar-refractivity contribution in [1.29, 1.82) is 0 Å². The monoisotopic (exact) mass is 597 g/mol. The van der Waals surface area contributed by atoms with E-state index in [4.69, 9.17) is 16.3 Å². The highest BCUT2D eigenvalue weighted by Crippen LogP contribution is 2.31. The second-order valence-electron chi connectivity index (χ2n) is 5.24. The van der Waals surface area contributed by atoms with Gasteiger partial charge in [-0.25, -0.2) is 4.79 Å². The third kappa shape index (κ3) is 5.85. The lowest BCUT2D eigenvalue weighted by Gasteiger charge is -2.13. The zero-order valence-corrected chi connectivity index (χ0v) is 18.6. The van der Waals surface area contributed by atoms with Crippen LogP contribution < -0.4 is 10.1 Å². The van der Waals surface area contributed by atoms with E-state index in [1.54, 1.807) is 18.2 Å². The summed E-state index contributed by atoms with van der Waals surface area (Å²) in [4.78, 5) is 22.4. The van der Waals surface area contributed by atoms with E-state index in [0.717, 1.165) is 12.7 Å². The normalized spacial score (nSPS) is 11.2. The molecular weight excluding hydrogens is 583 g/mol. The minimum absolute atomic E-state index is 0.186. The number of aliphatic carboxylic acids is 1. The zero-order valence-electron chi connectivity index (χ0n) is 13.6. The van der Waals surface area contributed by atoms with Crippen LogP contribution in [0.15, 0.2) is 42.1 Å². The van der Waals surface area contributed by atoms with E-state index >= 15 is 0 Å². The first-order valence-electron chi connectivity index (χ1n) is 7.35. The number of carbonyl (C=O) groups is 2. The number of carboxylic acids is 1. The lowest BCUT2D eigenvalue weighted by molar-refractivity contribution is -0.134. The van der Waals surface area contributed by atoms with E-state index in [1.807, 2.05) is 18.2 Å². The molecule has 0 aliphatic heterocycles. The number of rotatable bonds is 6. The Balaban J connectivity index is 2.26. The second-order valence-corrected chi connectivity index (χ2v) is 7.97. The molecule has 0 aliphatic carbocycles. The van der Waals surface area contributed by atoms with Crippen molar-refractivity contribution in [2.45, 2.75) is 13.5 Å². The van der Waals surface area contributed by atoms with Gasteiger partial charge >= 0.3 is 5.97 Å². The molecule has 26 heavy (non-hydrogen) atoms. The Hall–Kier alpha value is -1.33. The summed E-state index contributed by atoms with van der Waals surface area (Å²) >= 11 is 10.4. The van der Waals surface area contributed by atoms with Crippen LogP contribution in [0.25, 0.3) is 6.08 Å². The molecule has 2 rings (SSSR count). The maximum Gasteiger partial charge on any atom is 0.352 e. The van der Waals surface area contributed by atoms with Gasteiger partial charge in [0, 0.05) is 17.5 Å². The average Bonchev–Trinajstić information content (AvgIpc) is 2.54. The van der Waals surface area contributed by atoms with Crippen molar-refractivity contribution in [3.63, 3.8) is 0 Å². The summed E-state index contributed by atoms with van der Waals surface area (Å²) in [7, 11) is 0. The van der Waals surface area contributed by atoms with Crippen LogP contribution in [0.2, 0.25) is 5.02 Å². The molecule has 5 nitrogen and oxygen atoms in total. The molecule has 0 saturated heterocycles. The fraction of sp³-hybridized carbons (Fsp3) is 0.111. The maximum atomic E-state index is 11.2. The number of hydrogen-bond donors (Lipinski definition) is 2. The van der Waals surface area contributed by atoms with Crippen molar-refractivity contribution in [2.75, 3.05) is 0 Å². The molecule has 2 aromatic carbocycles. The molecule has 0 aromatic heterocycles. The first-order chi connectivity index (χ1) is 12.3. The summed E-state index contributed by atoms with van der Waals surface area (Å²) in [5.41, 5.74) is 1.34. The lowest BCUT2D eigenvalue weighted by atomic mass is 10.2. The summed E-state index contributed by atoms with van der Waals surface area (Å²) in [6.07, 6.45) is 1.41. The number of hydrogen-bond acceptors (Lipinski definition) is 3. The highest BCUT2D eigenvalue weighted by Gasteiger charge is 2.13. The van der Waals surface area contributed by atoms with Crippen molar-refractivity contribution >= 4 is 74.7 Å². The Labute approximate surface area is 183 Å². The number of nitrogens with one attached hydrogen (secondary N) is 1. The summed E-state index contributed by atoms with van der Waals surface area (Å²) in [6.45, 7) is 1.59. The van der Waals surface area contributed by atoms with Crippen LogP contribution >= 0.6 is 56.8 Å². The molecule has 8 heteroatoms. The number of carboxylic acid groups (broad SMARTS) is 1. The molecule has 2 aromatic rings. The van der Waals surface area contributed by atoms with Crippen molar-refractivity contribution in [3.05, 3.63) is 65.4 Å². The molecule has 2 N–H and O–H groups in total. The number of benzene rings is 2. The second kappa shape index (κ2) is 9.56. The van der Waals surface area contributed by atoms with Crippen LogP contribution in [-0.4, -0.2) is 17.0 Å². The highest BCUT2D eigenvalue weighted by atomic mass is 127. The lowest BCUT2D eigenvalue weighted by Crippen LogP contribution is -2.24. The molecule has 0 heterocycles. The van der Waals surface area contributed by atoms with E-state index in [1.165, 1.54) is 13.0 Å². The third-order valence-electron chi connectivity index (χ3n) is 3.20. The number of amides is 1. The van der Waals surface area contributed by atoms with Gasteiger partial charge in [-0.2, -0.15) is 0 Å². The van der Waals surface area contributed by atoms with Crippen LogP contribution in [0.1, 0.15) is 18.1 Å². The summed E-state index contributed by atoms with van der Waals surface area (Å²) in [5.74, 6) is -0.952. The Morgan fingerprint density at radius 3 is 2.38 bits per heavy atom. The maximum absolute atomic E-state index is 11.2. The van der Waals surface area contributed by atoms with E-state index < -0.39 is 11.9 Å². The molecule has 0 saturated carbocycles. The van der Waals surface area contributed by atoms with Crippen molar-refractivity contribution < 1.29 is 19.4 Å². The smallest absolute Gasteiger partial charge is 0.352 e. The van der Waals surface area contributed by atoms with E-state index in [-0.39, 0.29) is 5.70 Å². The Kier molecular flexibility index (Phi) is 7.71. The molecule has 0 bridgehead atoms. The third-order valence-corrected chi connectivity index (χ3v) is 5.17. The summed E-state index contributed by atoms with van der Waals surface area (Å²) in [6, 6.07) is 11.0. The molecule has 0 fully saturated rings. The average molecular weight is 598 g/mol. The molecule has 136 valence electrons.